The summed E-state index contributed by atoms with van der Waals surface area (Å²) in [7, 11) is 0. The number of nitrogens with one attached hydrogen (secondary N) is 2. The largest absolute Gasteiger partial charge is 0.494 e. The molecule has 0 aliphatic rings. The van der Waals surface area contributed by atoms with E-state index in [9.17, 15) is 4.79 Å². The van der Waals surface area contributed by atoms with Gasteiger partial charge in [0.2, 0.25) is 0 Å². The molecule has 4 nitrogen and oxygen atoms in total. The molecule has 2 amide bonds. The number of carbonyl (C=O) groups excluding carboxylic acids is 1. The number of rotatable bonds is 8. The Balaban J connectivity index is 1.61. The average Bonchev–Trinajstić information content (AvgIpc) is 2.59. The predicted octanol–water partition coefficient (Wildman–Crippen LogP) is 3.52. The van der Waals surface area contributed by atoms with Crippen LogP contribution in [0.15, 0.2) is 54.6 Å². The van der Waals surface area contributed by atoms with Gasteiger partial charge in [-0.2, -0.15) is 0 Å². The maximum absolute atomic E-state index is 11.8. The van der Waals surface area contributed by atoms with Gasteiger partial charge in [-0.05, 0) is 43.0 Å². The van der Waals surface area contributed by atoms with Crippen molar-refractivity contribution in [3.63, 3.8) is 0 Å². The van der Waals surface area contributed by atoms with Crippen LogP contribution in [0.5, 0.6) is 5.75 Å². The van der Waals surface area contributed by atoms with Crippen molar-refractivity contribution in [3.05, 3.63) is 65.7 Å². The van der Waals surface area contributed by atoms with E-state index in [2.05, 4.69) is 22.8 Å². The summed E-state index contributed by atoms with van der Waals surface area (Å²) in [6.07, 6.45) is 1.90. The fourth-order valence-corrected chi connectivity index (χ4v) is 2.25. The number of amides is 2. The highest BCUT2D eigenvalue weighted by molar-refractivity contribution is 5.73. The Morgan fingerprint density at radius 1 is 0.957 bits per heavy atom. The van der Waals surface area contributed by atoms with Crippen molar-refractivity contribution in [2.24, 2.45) is 0 Å². The second kappa shape index (κ2) is 9.51. The molecule has 2 aromatic rings. The van der Waals surface area contributed by atoms with Gasteiger partial charge in [-0.3, -0.25) is 0 Å². The van der Waals surface area contributed by atoms with E-state index >= 15 is 0 Å². The monoisotopic (exact) mass is 312 g/mol. The fraction of sp³-hybridized carbons (Fsp3) is 0.316. The highest BCUT2D eigenvalue weighted by atomic mass is 16.5. The molecule has 0 bridgehead atoms. The normalized spacial score (nSPS) is 10.1. The van der Waals surface area contributed by atoms with Gasteiger partial charge in [-0.1, -0.05) is 42.5 Å². The number of aryl methyl sites for hydroxylation is 1. The molecule has 0 saturated carbocycles. The lowest BCUT2D eigenvalue weighted by Gasteiger charge is -2.08. The Labute approximate surface area is 137 Å². The lowest BCUT2D eigenvalue weighted by molar-refractivity contribution is 0.240. The van der Waals surface area contributed by atoms with Gasteiger partial charge in [0.05, 0.1) is 6.61 Å². The first-order valence-electron chi connectivity index (χ1n) is 8.05. The average molecular weight is 312 g/mol. The van der Waals surface area contributed by atoms with Crippen molar-refractivity contribution in [2.75, 3.05) is 13.2 Å². The van der Waals surface area contributed by atoms with Crippen LogP contribution in [0.4, 0.5) is 4.79 Å². The summed E-state index contributed by atoms with van der Waals surface area (Å²) in [5.41, 5.74) is 2.34. The molecule has 2 aromatic carbocycles. The number of carbonyl (C=O) groups is 1. The molecule has 0 radical (unpaired) electrons. The Bertz CT molecular complexity index is 582. The highest BCUT2D eigenvalue weighted by Gasteiger charge is 2.01. The van der Waals surface area contributed by atoms with Crippen LogP contribution in [0, 0.1) is 0 Å². The van der Waals surface area contributed by atoms with Crippen LogP contribution in [0.2, 0.25) is 0 Å². The van der Waals surface area contributed by atoms with Gasteiger partial charge in [0.1, 0.15) is 5.75 Å². The Hall–Kier alpha value is -2.49. The van der Waals surface area contributed by atoms with E-state index in [-0.39, 0.29) is 6.03 Å². The highest BCUT2D eigenvalue weighted by Crippen LogP contribution is 2.11. The molecular formula is C19H24N2O2. The van der Waals surface area contributed by atoms with E-state index in [4.69, 9.17) is 4.74 Å². The SMILES string of the molecule is CCOc1ccc(CNC(=O)NCCCc2ccccc2)cc1. The Kier molecular flexibility index (Phi) is 6.98. The summed E-state index contributed by atoms with van der Waals surface area (Å²) in [6, 6.07) is 17.9. The number of ether oxygens (including phenoxy) is 1. The van der Waals surface area contributed by atoms with Gasteiger partial charge in [-0.15, -0.1) is 0 Å². The fourth-order valence-electron chi connectivity index (χ4n) is 2.25. The summed E-state index contributed by atoms with van der Waals surface area (Å²) in [6.45, 7) is 3.79. The maximum Gasteiger partial charge on any atom is 0.315 e. The van der Waals surface area contributed by atoms with Crippen LogP contribution >= 0.6 is 0 Å². The smallest absolute Gasteiger partial charge is 0.315 e. The van der Waals surface area contributed by atoms with Crippen molar-refractivity contribution in [1.82, 2.24) is 10.6 Å². The van der Waals surface area contributed by atoms with Crippen LogP contribution in [-0.4, -0.2) is 19.2 Å². The number of hydrogen-bond acceptors (Lipinski definition) is 2. The molecule has 0 heterocycles. The zero-order valence-corrected chi connectivity index (χ0v) is 13.5. The van der Waals surface area contributed by atoms with Crippen molar-refractivity contribution in [2.45, 2.75) is 26.3 Å². The molecule has 0 saturated heterocycles. The van der Waals surface area contributed by atoms with E-state index in [1.54, 1.807) is 0 Å². The molecule has 0 aromatic heterocycles. The second-order valence-corrected chi connectivity index (χ2v) is 5.28. The first-order chi connectivity index (χ1) is 11.3. The second-order valence-electron chi connectivity index (χ2n) is 5.28. The molecule has 0 aliphatic carbocycles. The van der Waals surface area contributed by atoms with E-state index in [0.29, 0.717) is 19.7 Å². The summed E-state index contributed by atoms with van der Waals surface area (Å²) in [5, 5.41) is 5.74. The number of urea groups is 1. The van der Waals surface area contributed by atoms with Crippen LogP contribution in [-0.2, 0) is 13.0 Å². The quantitative estimate of drug-likeness (QED) is 0.733. The van der Waals surface area contributed by atoms with E-state index < -0.39 is 0 Å². The van der Waals surface area contributed by atoms with Crippen molar-refractivity contribution >= 4 is 6.03 Å². The Morgan fingerprint density at radius 3 is 2.39 bits per heavy atom. The number of benzene rings is 2. The molecule has 23 heavy (non-hydrogen) atoms. The van der Waals surface area contributed by atoms with Crippen molar-refractivity contribution in [1.29, 1.82) is 0 Å². The summed E-state index contributed by atoms with van der Waals surface area (Å²) >= 11 is 0. The van der Waals surface area contributed by atoms with Gasteiger partial charge < -0.3 is 15.4 Å². The molecule has 0 atom stereocenters. The summed E-state index contributed by atoms with van der Waals surface area (Å²) in [5.74, 6) is 0.849. The molecule has 2 N–H and O–H groups in total. The van der Waals surface area contributed by atoms with Crippen LogP contribution in [0.1, 0.15) is 24.5 Å². The molecule has 4 heteroatoms. The van der Waals surface area contributed by atoms with E-state index in [1.807, 2.05) is 49.4 Å². The molecule has 2 rings (SSSR count). The molecule has 0 fully saturated rings. The topological polar surface area (TPSA) is 50.4 Å². The third kappa shape index (κ3) is 6.43. The molecule has 122 valence electrons. The maximum atomic E-state index is 11.8. The van der Waals surface area contributed by atoms with Gasteiger partial charge in [0.15, 0.2) is 0 Å². The zero-order chi connectivity index (χ0) is 16.3. The van der Waals surface area contributed by atoms with Crippen molar-refractivity contribution < 1.29 is 9.53 Å². The van der Waals surface area contributed by atoms with Gasteiger partial charge >= 0.3 is 6.03 Å². The Morgan fingerprint density at radius 2 is 1.70 bits per heavy atom. The minimum absolute atomic E-state index is 0.132. The van der Waals surface area contributed by atoms with E-state index in [0.717, 1.165) is 24.2 Å². The predicted molar refractivity (Wildman–Crippen MR) is 92.6 cm³/mol. The minimum Gasteiger partial charge on any atom is -0.494 e. The molecule has 0 spiro atoms. The summed E-state index contributed by atoms with van der Waals surface area (Å²) < 4.78 is 5.39. The lowest BCUT2D eigenvalue weighted by atomic mass is 10.1. The molecule has 0 unspecified atom stereocenters. The first-order valence-corrected chi connectivity index (χ1v) is 8.05. The lowest BCUT2D eigenvalue weighted by Crippen LogP contribution is -2.35. The van der Waals surface area contributed by atoms with Crippen molar-refractivity contribution in [3.8, 4) is 5.75 Å². The summed E-state index contributed by atoms with van der Waals surface area (Å²) in [4.78, 5) is 11.8. The molecular weight excluding hydrogens is 288 g/mol. The number of hydrogen-bond donors (Lipinski definition) is 2. The van der Waals surface area contributed by atoms with Gasteiger partial charge in [-0.25, -0.2) is 4.79 Å². The van der Waals surface area contributed by atoms with Gasteiger partial charge in [0.25, 0.3) is 0 Å². The molecule has 0 aliphatic heterocycles. The van der Waals surface area contributed by atoms with Crippen LogP contribution < -0.4 is 15.4 Å². The minimum atomic E-state index is -0.132. The standard InChI is InChI=1S/C19H24N2O2/c1-2-23-18-12-10-17(11-13-18)15-21-19(22)20-14-6-9-16-7-4-3-5-8-16/h3-5,7-8,10-13H,2,6,9,14-15H2,1H3,(H2,20,21,22). The van der Waals surface area contributed by atoms with Crippen LogP contribution in [0.25, 0.3) is 0 Å². The van der Waals surface area contributed by atoms with E-state index in [1.165, 1.54) is 5.56 Å². The van der Waals surface area contributed by atoms with Gasteiger partial charge in [0, 0.05) is 13.1 Å². The first kappa shape index (κ1) is 16.9. The third-order valence-electron chi connectivity index (χ3n) is 3.46. The zero-order valence-electron chi connectivity index (χ0n) is 13.5. The third-order valence-corrected chi connectivity index (χ3v) is 3.46. The van der Waals surface area contributed by atoms with Crippen LogP contribution in [0.3, 0.4) is 0 Å².